The fourth-order valence-corrected chi connectivity index (χ4v) is 2.75. The molecule has 3 amide bonds. The number of nitrogens with zero attached hydrogens (tertiary/aromatic N) is 1. The van der Waals surface area contributed by atoms with Gasteiger partial charge in [0.2, 0.25) is 17.7 Å². The number of aliphatic hydroxyl groups excluding tert-OH is 2. The first-order valence-corrected chi connectivity index (χ1v) is 9.94. The number of aromatic nitrogens is 2. The van der Waals surface area contributed by atoms with Crippen molar-refractivity contribution in [1.29, 1.82) is 0 Å². The highest BCUT2D eigenvalue weighted by Crippen LogP contribution is 2.02. The van der Waals surface area contributed by atoms with Gasteiger partial charge in [0, 0.05) is 24.1 Å². The molecule has 0 aliphatic heterocycles. The summed E-state index contributed by atoms with van der Waals surface area (Å²) in [6, 6.07) is -5.38. The van der Waals surface area contributed by atoms with E-state index in [1.54, 1.807) is 0 Å². The molecule has 31 heavy (non-hydrogen) atoms. The molecule has 0 aliphatic carbocycles. The summed E-state index contributed by atoms with van der Waals surface area (Å²) in [5.41, 5.74) is 6.41. The molecule has 14 heteroatoms. The summed E-state index contributed by atoms with van der Waals surface area (Å²) in [6.07, 6.45) is 0.285. The average molecular weight is 461 g/mol. The largest absolute Gasteiger partial charge is 0.480 e. The molecular weight excluding hydrogens is 432 g/mol. The van der Waals surface area contributed by atoms with E-state index in [-0.39, 0.29) is 12.2 Å². The summed E-state index contributed by atoms with van der Waals surface area (Å²) in [4.78, 5) is 54.9. The number of aromatic amines is 1. The van der Waals surface area contributed by atoms with Gasteiger partial charge in [-0.15, -0.1) is 0 Å². The van der Waals surface area contributed by atoms with E-state index in [4.69, 9.17) is 10.8 Å². The number of hydrogen-bond acceptors (Lipinski definition) is 9. The second-order valence-electron chi connectivity index (χ2n) is 6.92. The number of carboxylic acids is 1. The minimum Gasteiger partial charge on any atom is -0.480 e. The van der Waals surface area contributed by atoms with Crippen LogP contribution in [0, 0.1) is 0 Å². The van der Waals surface area contributed by atoms with Crippen LogP contribution in [0.4, 0.5) is 0 Å². The van der Waals surface area contributed by atoms with Crippen molar-refractivity contribution in [3.05, 3.63) is 18.2 Å². The quantitative estimate of drug-likeness (QED) is 0.141. The lowest BCUT2D eigenvalue weighted by Crippen LogP contribution is -2.61. The first-order valence-electron chi connectivity index (χ1n) is 9.31. The van der Waals surface area contributed by atoms with Gasteiger partial charge in [-0.25, -0.2) is 9.78 Å². The molecule has 0 aliphatic rings. The lowest BCUT2D eigenvalue weighted by molar-refractivity contribution is -0.145. The van der Waals surface area contributed by atoms with Crippen molar-refractivity contribution in [2.75, 3.05) is 5.75 Å². The lowest BCUT2D eigenvalue weighted by atomic mass is 10.1. The van der Waals surface area contributed by atoms with E-state index >= 15 is 0 Å². The maximum atomic E-state index is 12.6. The molecule has 0 aromatic carbocycles. The molecule has 0 saturated heterocycles. The number of H-pyrrole nitrogens is 1. The van der Waals surface area contributed by atoms with Crippen LogP contribution < -0.4 is 21.7 Å². The Morgan fingerprint density at radius 3 is 2.10 bits per heavy atom. The molecule has 9 N–H and O–H groups in total. The highest BCUT2D eigenvalue weighted by molar-refractivity contribution is 7.80. The van der Waals surface area contributed by atoms with Crippen molar-refractivity contribution in [3.63, 3.8) is 0 Å². The first kappa shape index (κ1) is 26.4. The van der Waals surface area contributed by atoms with Crippen molar-refractivity contribution in [2.45, 2.75) is 56.6 Å². The second kappa shape index (κ2) is 12.2. The summed E-state index contributed by atoms with van der Waals surface area (Å²) in [5, 5.41) is 35.1. The van der Waals surface area contributed by atoms with Gasteiger partial charge >= 0.3 is 5.97 Å². The zero-order chi connectivity index (χ0) is 23.7. The van der Waals surface area contributed by atoms with Crippen molar-refractivity contribution >= 4 is 36.3 Å². The number of amides is 3. The average Bonchev–Trinajstić information content (AvgIpc) is 3.19. The Morgan fingerprint density at radius 2 is 1.65 bits per heavy atom. The predicted octanol–water partition coefficient (Wildman–Crippen LogP) is -3.49. The van der Waals surface area contributed by atoms with E-state index in [1.807, 2.05) is 0 Å². The molecule has 1 aromatic heterocycles. The van der Waals surface area contributed by atoms with Gasteiger partial charge in [0.1, 0.15) is 12.1 Å². The molecule has 1 aromatic rings. The van der Waals surface area contributed by atoms with Crippen molar-refractivity contribution < 1.29 is 34.5 Å². The first-order chi connectivity index (χ1) is 14.5. The maximum absolute atomic E-state index is 12.6. The third-order valence-electron chi connectivity index (χ3n) is 4.26. The monoisotopic (exact) mass is 460 g/mol. The molecule has 6 atom stereocenters. The number of carbonyl (C=O) groups is 4. The van der Waals surface area contributed by atoms with E-state index in [0.29, 0.717) is 5.69 Å². The summed E-state index contributed by atoms with van der Waals surface area (Å²) < 4.78 is 0. The fourth-order valence-electron chi connectivity index (χ4n) is 2.49. The van der Waals surface area contributed by atoms with E-state index in [0.717, 1.165) is 0 Å². The normalized spacial score (nSPS) is 16.8. The third-order valence-corrected chi connectivity index (χ3v) is 4.62. The summed E-state index contributed by atoms with van der Waals surface area (Å²) in [5.74, 6) is -4.22. The molecular formula is C17H28N6O7S. The number of carbonyl (C=O) groups excluding carboxylic acids is 3. The Kier molecular flexibility index (Phi) is 10.4. The van der Waals surface area contributed by atoms with Crippen LogP contribution in [0.3, 0.4) is 0 Å². The van der Waals surface area contributed by atoms with Crippen LogP contribution in [0.15, 0.2) is 12.5 Å². The minimum atomic E-state index is -1.60. The number of imidazole rings is 1. The number of hydrogen-bond donors (Lipinski definition) is 9. The van der Waals surface area contributed by atoms with Crippen LogP contribution in [-0.4, -0.2) is 91.1 Å². The topological polar surface area (TPSA) is 220 Å². The lowest BCUT2D eigenvalue weighted by Gasteiger charge is -2.26. The molecule has 1 rings (SSSR count). The third kappa shape index (κ3) is 8.16. The van der Waals surface area contributed by atoms with Gasteiger partial charge in [0.15, 0.2) is 6.04 Å². The number of nitrogens with two attached hydrogens (primary N) is 1. The SMILES string of the molecule is CC(O)C(NC(=O)C(CS)NC(=O)C(NC(=O)C(N)Cc1cnc[nH]1)C(C)O)C(=O)O. The zero-order valence-electron chi connectivity index (χ0n) is 17.0. The number of nitrogens with one attached hydrogen (secondary N) is 4. The van der Waals surface area contributed by atoms with Crippen LogP contribution in [0.1, 0.15) is 19.5 Å². The number of aliphatic hydroxyl groups is 2. The van der Waals surface area contributed by atoms with E-state index in [1.165, 1.54) is 26.4 Å². The minimum absolute atomic E-state index is 0.109. The highest BCUT2D eigenvalue weighted by atomic mass is 32.1. The van der Waals surface area contributed by atoms with Gasteiger partial charge in [0.05, 0.1) is 24.6 Å². The number of carboxylic acid groups (broad SMARTS) is 1. The Hall–Kier alpha value is -2.68. The van der Waals surface area contributed by atoms with Gasteiger partial charge in [-0.05, 0) is 13.8 Å². The summed E-state index contributed by atoms with van der Waals surface area (Å²) in [7, 11) is 0. The zero-order valence-corrected chi connectivity index (χ0v) is 17.9. The number of thiol groups is 1. The van der Waals surface area contributed by atoms with Gasteiger partial charge in [-0.2, -0.15) is 12.6 Å². The summed E-state index contributed by atoms with van der Waals surface area (Å²) >= 11 is 3.96. The van der Waals surface area contributed by atoms with Crippen molar-refractivity contribution in [2.24, 2.45) is 5.73 Å². The van der Waals surface area contributed by atoms with Crippen LogP contribution in [0.25, 0.3) is 0 Å². The molecule has 174 valence electrons. The van der Waals surface area contributed by atoms with Gasteiger partial charge in [-0.3, -0.25) is 14.4 Å². The fraction of sp³-hybridized carbons (Fsp3) is 0.588. The molecule has 0 fully saturated rings. The van der Waals surface area contributed by atoms with Crippen LogP contribution in [0.2, 0.25) is 0 Å². The smallest absolute Gasteiger partial charge is 0.328 e. The number of aliphatic carboxylic acids is 1. The molecule has 13 nitrogen and oxygen atoms in total. The molecule has 0 radical (unpaired) electrons. The van der Waals surface area contributed by atoms with Crippen molar-refractivity contribution in [3.8, 4) is 0 Å². The maximum Gasteiger partial charge on any atom is 0.328 e. The Labute approximate surface area is 183 Å². The van der Waals surface area contributed by atoms with E-state index in [2.05, 4.69) is 38.5 Å². The highest BCUT2D eigenvalue weighted by Gasteiger charge is 2.33. The Bertz CT molecular complexity index is 758. The van der Waals surface area contributed by atoms with Crippen molar-refractivity contribution in [1.82, 2.24) is 25.9 Å². The molecule has 0 bridgehead atoms. The molecule has 0 saturated carbocycles. The van der Waals surface area contributed by atoms with Gasteiger partial charge < -0.3 is 42.0 Å². The van der Waals surface area contributed by atoms with Crippen LogP contribution in [-0.2, 0) is 25.6 Å². The molecule has 1 heterocycles. The summed E-state index contributed by atoms with van der Waals surface area (Å²) in [6.45, 7) is 2.44. The van der Waals surface area contributed by atoms with Gasteiger partial charge in [0.25, 0.3) is 0 Å². The standard InChI is InChI=1S/C17H28N6O7S/c1-7(24)12(22-14(26)10(18)3-9-4-19-6-20-9)16(28)21-11(5-31)15(27)23-13(8(2)25)17(29)30/h4,6-8,10-13,24-25,31H,3,5,18H2,1-2H3,(H,19,20)(H,21,28)(H,22,26)(H,23,27)(H,29,30). The van der Waals surface area contributed by atoms with E-state index in [9.17, 15) is 29.4 Å². The Morgan fingerprint density at radius 1 is 1.06 bits per heavy atom. The second-order valence-corrected chi connectivity index (χ2v) is 7.29. The molecule has 6 unspecified atom stereocenters. The van der Waals surface area contributed by atoms with Gasteiger partial charge in [-0.1, -0.05) is 0 Å². The molecule has 0 spiro atoms. The predicted molar refractivity (Wildman–Crippen MR) is 111 cm³/mol. The van der Waals surface area contributed by atoms with E-state index < -0.39 is 60.1 Å². The van der Waals surface area contributed by atoms with Crippen LogP contribution >= 0.6 is 12.6 Å². The van der Waals surface area contributed by atoms with Crippen LogP contribution in [0.5, 0.6) is 0 Å². The number of rotatable bonds is 12. The Balaban J connectivity index is 2.78.